The molecule has 8 nitrogen and oxygen atoms in total. The number of carbonyl (C=O) groups is 2. The molecule has 0 aliphatic carbocycles. The Labute approximate surface area is 161 Å². The first-order valence-corrected chi connectivity index (χ1v) is 7.94. The Hall–Kier alpha value is -2.68. The van der Waals surface area contributed by atoms with Crippen molar-refractivity contribution in [1.29, 1.82) is 0 Å². The van der Waals surface area contributed by atoms with Gasteiger partial charge in [-0.25, -0.2) is 5.43 Å². The van der Waals surface area contributed by atoms with Crippen LogP contribution in [-0.4, -0.2) is 23.0 Å². The van der Waals surface area contributed by atoms with E-state index >= 15 is 0 Å². The Bertz CT molecular complexity index is 918. The first kappa shape index (κ1) is 19.6. The lowest BCUT2D eigenvalue weighted by molar-refractivity contribution is -0.384. The van der Waals surface area contributed by atoms with Gasteiger partial charge >= 0.3 is 11.8 Å². The van der Waals surface area contributed by atoms with Gasteiger partial charge in [-0.3, -0.25) is 19.7 Å². The Morgan fingerprint density at radius 3 is 2.42 bits per heavy atom. The molecule has 2 N–H and O–H groups in total. The van der Waals surface area contributed by atoms with Gasteiger partial charge in [0.2, 0.25) is 0 Å². The largest absolute Gasteiger partial charge is 0.329 e. The van der Waals surface area contributed by atoms with Crippen molar-refractivity contribution < 1.29 is 14.5 Å². The number of nitrogens with one attached hydrogen (secondary N) is 2. The molecule has 134 valence electrons. The normalized spacial score (nSPS) is 10.6. The van der Waals surface area contributed by atoms with E-state index in [9.17, 15) is 19.7 Å². The molecule has 11 heteroatoms. The fraction of sp³-hybridized carbons (Fsp3) is 0. The zero-order valence-corrected chi connectivity index (χ0v) is 15.0. The third kappa shape index (κ3) is 5.16. The molecular formula is C15H9Cl3N4O4. The summed E-state index contributed by atoms with van der Waals surface area (Å²) in [7, 11) is 0. The van der Waals surface area contributed by atoms with Crippen LogP contribution < -0.4 is 10.7 Å². The molecule has 2 aromatic carbocycles. The van der Waals surface area contributed by atoms with Crippen molar-refractivity contribution in [2.45, 2.75) is 0 Å². The summed E-state index contributed by atoms with van der Waals surface area (Å²) in [6.45, 7) is 0. The van der Waals surface area contributed by atoms with Crippen molar-refractivity contribution in [3.63, 3.8) is 0 Å². The molecule has 0 aliphatic rings. The van der Waals surface area contributed by atoms with Gasteiger partial charge < -0.3 is 5.32 Å². The van der Waals surface area contributed by atoms with Gasteiger partial charge in [0.25, 0.3) is 5.69 Å². The van der Waals surface area contributed by atoms with Gasteiger partial charge in [0.05, 0.1) is 21.8 Å². The standard InChI is InChI=1S/C15H9Cl3N4O4/c16-9-2-4-10(17)12(6-9)20-14(23)15(24)21-19-7-8-1-3-11(18)13(5-8)22(25)26/h1-7H,(H,20,23)(H,21,24). The van der Waals surface area contributed by atoms with Crippen LogP contribution >= 0.6 is 34.8 Å². The molecule has 0 spiro atoms. The van der Waals surface area contributed by atoms with Gasteiger partial charge in [-0.1, -0.05) is 40.9 Å². The number of halogens is 3. The van der Waals surface area contributed by atoms with Crippen LogP contribution in [0.5, 0.6) is 0 Å². The average Bonchev–Trinajstić information content (AvgIpc) is 2.59. The van der Waals surface area contributed by atoms with Crippen molar-refractivity contribution in [2.75, 3.05) is 5.32 Å². The zero-order valence-electron chi connectivity index (χ0n) is 12.7. The maximum Gasteiger partial charge on any atom is 0.329 e. The molecule has 0 aliphatic heterocycles. The van der Waals surface area contributed by atoms with Gasteiger partial charge in [0, 0.05) is 16.7 Å². The van der Waals surface area contributed by atoms with E-state index in [0.29, 0.717) is 10.6 Å². The number of hydrogen-bond donors (Lipinski definition) is 2. The van der Waals surface area contributed by atoms with E-state index in [2.05, 4.69) is 10.4 Å². The highest BCUT2D eigenvalue weighted by Crippen LogP contribution is 2.25. The van der Waals surface area contributed by atoms with Crippen LogP contribution in [0.4, 0.5) is 11.4 Å². The van der Waals surface area contributed by atoms with Gasteiger partial charge in [-0.15, -0.1) is 0 Å². The highest BCUT2D eigenvalue weighted by Gasteiger charge is 2.15. The van der Waals surface area contributed by atoms with E-state index in [4.69, 9.17) is 34.8 Å². The summed E-state index contributed by atoms with van der Waals surface area (Å²) in [5, 5.41) is 17.1. The minimum atomic E-state index is -1.07. The zero-order chi connectivity index (χ0) is 19.3. The van der Waals surface area contributed by atoms with Crippen LogP contribution in [0.1, 0.15) is 5.56 Å². The van der Waals surface area contributed by atoms with Crippen molar-refractivity contribution in [3.8, 4) is 0 Å². The second-order valence-corrected chi connectivity index (χ2v) is 6.00. The Morgan fingerprint density at radius 1 is 1.04 bits per heavy atom. The molecule has 0 unspecified atom stereocenters. The summed E-state index contributed by atoms with van der Waals surface area (Å²) in [5.41, 5.74) is 2.15. The summed E-state index contributed by atoms with van der Waals surface area (Å²) in [5.74, 6) is -2.09. The molecule has 0 saturated heterocycles. The van der Waals surface area contributed by atoms with Gasteiger partial charge in [0.15, 0.2) is 0 Å². The summed E-state index contributed by atoms with van der Waals surface area (Å²) in [6.07, 6.45) is 1.13. The quantitative estimate of drug-likeness (QED) is 0.343. The molecular weight excluding hydrogens is 407 g/mol. The van der Waals surface area contributed by atoms with Crippen molar-refractivity contribution in [1.82, 2.24) is 5.43 Å². The van der Waals surface area contributed by atoms with Crippen LogP contribution in [0, 0.1) is 10.1 Å². The van der Waals surface area contributed by atoms with E-state index in [1.54, 1.807) is 0 Å². The maximum absolute atomic E-state index is 11.8. The van der Waals surface area contributed by atoms with Crippen LogP contribution in [0.2, 0.25) is 15.1 Å². The molecule has 0 atom stereocenters. The Balaban J connectivity index is 2.00. The fourth-order valence-corrected chi connectivity index (χ4v) is 2.26. The second-order valence-electron chi connectivity index (χ2n) is 4.75. The molecule has 2 rings (SSSR count). The maximum atomic E-state index is 11.8. The number of nitro benzene ring substituents is 1. The summed E-state index contributed by atoms with van der Waals surface area (Å²) in [6, 6.07) is 8.31. The molecule has 0 radical (unpaired) electrons. The number of hydrazone groups is 1. The SMILES string of the molecule is O=C(NN=Cc1ccc(Cl)c([N+](=O)[O-])c1)C(=O)Nc1cc(Cl)ccc1Cl. The fourth-order valence-electron chi connectivity index (χ4n) is 1.74. The first-order chi connectivity index (χ1) is 12.3. The van der Waals surface area contributed by atoms with Crippen LogP contribution in [-0.2, 0) is 9.59 Å². The lowest BCUT2D eigenvalue weighted by atomic mass is 10.2. The van der Waals surface area contributed by atoms with E-state index in [0.717, 1.165) is 6.21 Å². The first-order valence-electron chi connectivity index (χ1n) is 6.81. The number of hydrogen-bond acceptors (Lipinski definition) is 5. The van der Waals surface area contributed by atoms with Gasteiger partial charge in [-0.05, 0) is 24.3 Å². The van der Waals surface area contributed by atoms with Gasteiger partial charge in [-0.2, -0.15) is 5.10 Å². The predicted octanol–water partition coefficient (Wildman–Crippen LogP) is 3.64. The number of rotatable bonds is 4. The van der Waals surface area contributed by atoms with Crippen molar-refractivity contribution in [2.24, 2.45) is 5.10 Å². The summed E-state index contributed by atoms with van der Waals surface area (Å²) < 4.78 is 0. The summed E-state index contributed by atoms with van der Waals surface area (Å²) >= 11 is 17.4. The lowest BCUT2D eigenvalue weighted by Gasteiger charge is -2.06. The number of benzene rings is 2. The van der Waals surface area contributed by atoms with Crippen molar-refractivity contribution >= 4 is 64.2 Å². The molecule has 0 fully saturated rings. The topological polar surface area (TPSA) is 114 Å². The molecule has 26 heavy (non-hydrogen) atoms. The minimum absolute atomic E-state index is 0.0334. The smallest absolute Gasteiger partial charge is 0.316 e. The van der Waals surface area contributed by atoms with Crippen LogP contribution in [0.3, 0.4) is 0 Å². The highest BCUT2D eigenvalue weighted by molar-refractivity contribution is 6.42. The molecule has 0 bridgehead atoms. The Morgan fingerprint density at radius 2 is 1.73 bits per heavy atom. The number of anilines is 1. The number of nitrogens with zero attached hydrogens (tertiary/aromatic N) is 2. The summed E-state index contributed by atoms with van der Waals surface area (Å²) in [4.78, 5) is 33.7. The third-order valence-electron chi connectivity index (χ3n) is 2.93. The van der Waals surface area contributed by atoms with Crippen molar-refractivity contribution in [3.05, 3.63) is 67.1 Å². The molecule has 0 saturated carbocycles. The lowest BCUT2D eigenvalue weighted by Crippen LogP contribution is -2.32. The van der Waals surface area contributed by atoms with E-state index < -0.39 is 16.7 Å². The predicted molar refractivity (Wildman–Crippen MR) is 98.9 cm³/mol. The average molecular weight is 416 g/mol. The minimum Gasteiger partial charge on any atom is -0.316 e. The number of amides is 2. The van der Waals surface area contributed by atoms with E-state index in [-0.39, 0.29) is 21.4 Å². The molecule has 2 amide bonds. The van der Waals surface area contributed by atoms with Crippen LogP contribution in [0.25, 0.3) is 0 Å². The Kier molecular flexibility index (Phi) is 6.51. The van der Waals surface area contributed by atoms with E-state index in [1.165, 1.54) is 36.4 Å². The number of nitro groups is 1. The van der Waals surface area contributed by atoms with Gasteiger partial charge in [0.1, 0.15) is 5.02 Å². The second kappa shape index (κ2) is 8.61. The molecule has 0 aromatic heterocycles. The van der Waals surface area contributed by atoms with E-state index in [1.807, 2.05) is 5.43 Å². The highest BCUT2D eigenvalue weighted by atomic mass is 35.5. The third-order valence-corrected chi connectivity index (χ3v) is 3.81. The molecule has 0 heterocycles. The van der Waals surface area contributed by atoms with Crippen LogP contribution in [0.15, 0.2) is 41.5 Å². The number of carbonyl (C=O) groups excluding carboxylic acids is 2. The monoisotopic (exact) mass is 414 g/mol. The molecule has 2 aromatic rings.